The van der Waals surface area contributed by atoms with Gasteiger partial charge in [0.1, 0.15) is 17.8 Å². The van der Waals surface area contributed by atoms with E-state index in [0.717, 1.165) is 0 Å². The third kappa shape index (κ3) is 3.55. The fourth-order valence-electron chi connectivity index (χ4n) is 2.88. The zero-order chi connectivity index (χ0) is 20.4. The quantitative estimate of drug-likeness (QED) is 0.556. The first-order chi connectivity index (χ1) is 14.0. The number of rotatable bonds is 4. The molecular weight excluding hydrogens is 370 g/mol. The summed E-state index contributed by atoms with van der Waals surface area (Å²) in [6, 6.07) is 8.39. The molecule has 0 saturated carbocycles. The molecule has 0 bridgehead atoms. The predicted molar refractivity (Wildman–Crippen MR) is 105 cm³/mol. The van der Waals surface area contributed by atoms with Gasteiger partial charge in [-0.15, -0.1) is 10.2 Å². The van der Waals surface area contributed by atoms with Gasteiger partial charge < -0.3 is 9.13 Å². The first-order valence-corrected chi connectivity index (χ1v) is 8.97. The van der Waals surface area contributed by atoms with Crippen LogP contribution in [0, 0.1) is 5.41 Å². The van der Waals surface area contributed by atoms with Crippen LogP contribution in [0.25, 0.3) is 17.2 Å². The summed E-state index contributed by atoms with van der Waals surface area (Å²) in [7, 11) is 0. The normalized spacial score (nSPS) is 11.0. The number of nitrogens with one attached hydrogen (secondary N) is 2. The summed E-state index contributed by atoms with van der Waals surface area (Å²) in [6.45, 7) is 4.05. The standard InChI is InChI=1S/C19H19N9O/c1-13(2)28-12-22-25-18(28)14-5-3-7-16(23-14)24-19(29)27-9-4-6-15(17(27)20)26-10-8-21-11-26/h3-13,20H,1-2H3,(H,23,24,29). The number of hydrogen-bond acceptors (Lipinski definition) is 6. The largest absolute Gasteiger partial charge is 0.332 e. The molecule has 0 radical (unpaired) electrons. The summed E-state index contributed by atoms with van der Waals surface area (Å²) in [6.07, 6.45) is 8.08. The number of aromatic nitrogens is 7. The third-order valence-electron chi connectivity index (χ3n) is 4.32. The molecule has 4 aromatic rings. The molecule has 1 amide bonds. The Morgan fingerprint density at radius 1 is 1.14 bits per heavy atom. The van der Waals surface area contributed by atoms with Gasteiger partial charge in [0.2, 0.25) is 0 Å². The number of anilines is 1. The van der Waals surface area contributed by atoms with Crippen LogP contribution in [-0.2, 0) is 0 Å². The second-order valence-corrected chi connectivity index (χ2v) is 6.58. The first-order valence-electron chi connectivity index (χ1n) is 8.97. The van der Waals surface area contributed by atoms with Crippen LogP contribution in [0.15, 0.2) is 61.6 Å². The Bertz CT molecular complexity index is 1200. The van der Waals surface area contributed by atoms with Crippen LogP contribution in [0.5, 0.6) is 0 Å². The minimum Gasteiger partial charge on any atom is -0.310 e. The van der Waals surface area contributed by atoms with Gasteiger partial charge in [0.05, 0.1) is 12.0 Å². The van der Waals surface area contributed by atoms with E-state index < -0.39 is 6.03 Å². The van der Waals surface area contributed by atoms with Gasteiger partial charge >= 0.3 is 6.03 Å². The fourth-order valence-corrected chi connectivity index (χ4v) is 2.88. The Balaban J connectivity index is 1.62. The van der Waals surface area contributed by atoms with Crippen molar-refractivity contribution in [1.82, 2.24) is 33.9 Å². The minimum atomic E-state index is -0.494. The molecule has 146 valence electrons. The monoisotopic (exact) mass is 389 g/mol. The Labute approximate surface area is 166 Å². The number of nitrogens with zero attached hydrogens (tertiary/aromatic N) is 7. The molecule has 4 aromatic heterocycles. The highest BCUT2D eigenvalue weighted by atomic mass is 16.2. The molecule has 2 N–H and O–H groups in total. The number of carbonyl (C=O) groups is 1. The van der Waals surface area contributed by atoms with Gasteiger partial charge in [0.25, 0.3) is 0 Å². The van der Waals surface area contributed by atoms with Gasteiger partial charge in [-0.3, -0.25) is 15.3 Å². The molecule has 29 heavy (non-hydrogen) atoms. The average molecular weight is 389 g/mol. The van der Waals surface area contributed by atoms with Crippen molar-refractivity contribution in [1.29, 1.82) is 5.41 Å². The SMILES string of the molecule is CC(C)n1cnnc1-c1cccc(NC(=O)n2cccc(-n3ccnc3)c2=N)n1. The summed E-state index contributed by atoms with van der Waals surface area (Å²) in [5, 5.41) is 19.2. The maximum absolute atomic E-state index is 12.8. The fraction of sp³-hybridized carbons (Fsp3) is 0.158. The number of hydrogen-bond donors (Lipinski definition) is 2. The molecule has 0 fully saturated rings. The Hall–Kier alpha value is -4.08. The highest BCUT2D eigenvalue weighted by molar-refractivity contribution is 5.90. The predicted octanol–water partition coefficient (Wildman–Crippen LogP) is 2.47. The van der Waals surface area contributed by atoms with Crippen molar-refractivity contribution < 1.29 is 4.79 Å². The van der Waals surface area contributed by atoms with Crippen LogP contribution in [0.4, 0.5) is 10.6 Å². The van der Waals surface area contributed by atoms with Crippen LogP contribution >= 0.6 is 0 Å². The molecule has 0 atom stereocenters. The van der Waals surface area contributed by atoms with E-state index in [1.54, 1.807) is 59.9 Å². The number of imidazole rings is 1. The molecule has 0 aromatic carbocycles. The van der Waals surface area contributed by atoms with Crippen molar-refractivity contribution in [3.63, 3.8) is 0 Å². The molecule has 10 heteroatoms. The van der Waals surface area contributed by atoms with E-state index in [1.807, 2.05) is 18.4 Å². The van der Waals surface area contributed by atoms with Gasteiger partial charge in [-0.05, 0) is 38.1 Å². The van der Waals surface area contributed by atoms with Gasteiger partial charge in [-0.1, -0.05) is 6.07 Å². The van der Waals surface area contributed by atoms with Crippen LogP contribution in [0.3, 0.4) is 0 Å². The summed E-state index contributed by atoms with van der Waals surface area (Å²) in [5.74, 6) is 0.970. The second kappa shape index (κ2) is 7.50. The molecule has 0 spiro atoms. The summed E-state index contributed by atoms with van der Waals surface area (Å²) < 4.78 is 4.78. The second-order valence-electron chi connectivity index (χ2n) is 6.58. The van der Waals surface area contributed by atoms with Gasteiger partial charge in [-0.25, -0.2) is 14.8 Å². The van der Waals surface area contributed by atoms with Crippen LogP contribution in [-0.4, -0.2) is 39.9 Å². The lowest BCUT2D eigenvalue weighted by molar-refractivity contribution is 0.252. The topological polar surface area (TPSA) is 119 Å². The number of amides is 1. The van der Waals surface area contributed by atoms with Crippen molar-refractivity contribution in [3.8, 4) is 17.2 Å². The van der Waals surface area contributed by atoms with Gasteiger partial charge in [0.15, 0.2) is 11.3 Å². The Morgan fingerprint density at radius 3 is 2.76 bits per heavy atom. The summed E-state index contributed by atoms with van der Waals surface area (Å²) >= 11 is 0. The highest BCUT2D eigenvalue weighted by Crippen LogP contribution is 2.19. The zero-order valence-electron chi connectivity index (χ0n) is 15.9. The van der Waals surface area contributed by atoms with Crippen molar-refractivity contribution >= 4 is 11.8 Å². The number of carbonyl (C=O) groups excluding carboxylic acids is 1. The van der Waals surface area contributed by atoms with E-state index in [0.29, 0.717) is 23.0 Å². The average Bonchev–Trinajstić information content (AvgIpc) is 3.40. The molecule has 0 saturated heterocycles. The van der Waals surface area contributed by atoms with E-state index in [4.69, 9.17) is 5.41 Å². The maximum Gasteiger partial charge on any atom is 0.332 e. The molecule has 10 nitrogen and oxygen atoms in total. The van der Waals surface area contributed by atoms with Gasteiger partial charge in [-0.2, -0.15) is 0 Å². The van der Waals surface area contributed by atoms with E-state index in [-0.39, 0.29) is 11.5 Å². The van der Waals surface area contributed by atoms with E-state index in [2.05, 4.69) is 25.5 Å². The lowest BCUT2D eigenvalue weighted by Gasteiger charge is -2.12. The van der Waals surface area contributed by atoms with E-state index >= 15 is 0 Å². The Morgan fingerprint density at radius 2 is 2.00 bits per heavy atom. The molecule has 0 aliphatic rings. The van der Waals surface area contributed by atoms with Crippen molar-refractivity contribution in [2.45, 2.75) is 19.9 Å². The zero-order valence-corrected chi connectivity index (χ0v) is 15.9. The van der Waals surface area contributed by atoms with Crippen LogP contribution < -0.4 is 10.8 Å². The van der Waals surface area contributed by atoms with Gasteiger partial charge in [0, 0.05) is 24.6 Å². The smallest absolute Gasteiger partial charge is 0.310 e. The molecule has 0 aliphatic heterocycles. The third-order valence-corrected chi connectivity index (χ3v) is 4.32. The molecular formula is C19H19N9O. The molecule has 4 heterocycles. The maximum atomic E-state index is 12.8. The summed E-state index contributed by atoms with van der Waals surface area (Å²) in [5.41, 5.74) is 1.16. The molecule has 0 unspecified atom stereocenters. The molecule has 4 rings (SSSR count). The van der Waals surface area contributed by atoms with Crippen LogP contribution in [0.1, 0.15) is 19.9 Å². The first kappa shape index (κ1) is 18.3. The minimum absolute atomic E-state index is 0.0266. The van der Waals surface area contributed by atoms with Crippen molar-refractivity contribution in [2.24, 2.45) is 0 Å². The molecule has 0 aliphatic carbocycles. The number of pyridine rings is 2. The van der Waals surface area contributed by atoms with Crippen molar-refractivity contribution in [2.75, 3.05) is 5.32 Å². The highest BCUT2D eigenvalue weighted by Gasteiger charge is 2.14. The summed E-state index contributed by atoms with van der Waals surface area (Å²) in [4.78, 5) is 21.2. The lowest BCUT2D eigenvalue weighted by atomic mass is 10.3. The van der Waals surface area contributed by atoms with E-state index in [1.165, 1.54) is 10.8 Å². The lowest BCUT2D eigenvalue weighted by Crippen LogP contribution is -2.32. The van der Waals surface area contributed by atoms with Crippen LogP contribution in [0.2, 0.25) is 0 Å². The Kier molecular flexibility index (Phi) is 4.73. The van der Waals surface area contributed by atoms with E-state index in [9.17, 15) is 4.79 Å². The van der Waals surface area contributed by atoms with Crippen molar-refractivity contribution in [3.05, 3.63) is 67.1 Å².